The van der Waals surface area contributed by atoms with Crippen molar-refractivity contribution in [2.24, 2.45) is 0 Å². The number of hydrogen-bond acceptors (Lipinski definition) is 8. The van der Waals surface area contributed by atoms with E-state index < -0.39 is 0 Å². The number of aromatic nitrogens is 4. The van der Waals surface area contributed by atoms with E-state index in [-0.39, 0.29) is 18.0 Å². The van der Waals surface area contributed by atoms with E-state index >= 15 is 0 Å². The molecule has 0 unspecified atom stereocenters. The Labute approximate surface area is 201 Å². The van der Waals surface area contributed by atoms with Crippen LogP contribution in [-0.4, -0.2) is 63.8 Å². The van der Waals surface area contributed by atoms with Crippen molar-refractivity contribution in [2.75, 3.05) is 38.2 Å². The van der Waals surface area contributed by atoms with Gasteiger partial charge in [0.15, 0.2) is 5.76 Å². The molecule has 0 atom stereocenters. The Hall–Kier alpha value is -4.47. The number of furan rings is 1. The second-order valence-corrected chi connectivity index (χ2v) is 8.05. The van der Waals surface area contributed by atoms with Crippen molar-refractivity contribution in [3.63, 3.8) is 0 Å². The maximum absolute atomic E-state index is 12.9. The number of nitrogens with zero attached hydrogens (tertiary/aromatic N) is 6. The average molecular weight is 473 g/mol. The van der Waals surface area contributed by atoms with Crippen LogP contribution in [0, 0.1) is 0 Å². The first-order valence-corrected chi connectivity index (χ1v) is 11.2. The number of hydrogen-bond donors (Lipinski definition) is 0. The molecule has 5 rings (SSSR count). The number of ether oxygens (including phenoxy) is 1. The van der Waals surface area contributed by atoms with E-state index in [2.05, 4.69) is 20.0 Å². The molecule has 1 saturated heterocycles. The first kappa shape index (κ1) is 22.3. The summed E-state index contributed by atoms with van der Waals surface area (Å²) < 4.78 is 11.7. The zero-order chi connectivity index (χ0) is 24.2. The van der Waals surface area contributed by atoms with Crippen molar-refractivity contribution in [1.29, 1.82) is 0 Å². The summed E-state index contributed by atoms with van der Waals surface area (Å²) in [5.41, 5.74) is 1.96. The first-order chi connectivity index (χ1) is 17.1. The fourth-order valence-corrected chi connectivity index (χ4v) is 3.97. The van der Waals surface area contributed by atoms with Gasteiger partial charge in [0.1, 0.15) is 30.1 Å². The Kier molecular flexibility index (Phi) is 6.25. The number of amides is 1. The molecule has 0 spiro atoms. The lowest BCUT2D eigenvalue weighted by Gasteiger charge is -2.35. The highest BCUT2D eigenvalue weighted by Crippen LogP contribution is 2.24. The number of piperazine rings is 1. The molecule has 178 valence electrons. The van der Waals surface area contributed by atoms with Gasteiger partial charge in [0, 0.05) is 43.9 Å². The molecule has 1 amide bonds. The molecule has 4 heterocycles. The zero-order valence-corrected chi connectivity index (χ0v) is 19.2. The molecule has 1 aliphatic heterocycles. The SMILES string of the molecule is COc1ccc(-c2cc(N3CCN(C(=O)Cn4nc(-c5ccco5)ccc4=O)CC3)ncn2)cc1. The zero-order valence-electron chi connectivity index (χ0n) is 19.2. The Balaban J connectivity index is 1.23. The normalized spacial score (nSPS) is 13.6. The molecule has 0 saturated carbocycles. The van der Waals surface area contributed by atoms with E-state index in [4.69, 9.17) is 9.15 Å². The number of benzene rings is 1. The fourth-order valence-electron chi connectivity index (χ4n) is 3.97. The summed E-state index contributed by atoms with van der Waals surface area (Å²) in [4.78, 5) is 37.8. The minimum absolute atomic E-state index is 0.123. The molecular weight excluding hydrogens is 448 g/mol. The molecule has 1 fully saturated rings. The summed E-state index contributed by atoms with van der Waals surface area (Å²) in [7, 11) is 1.63. The summed E-state index contributed by atoms with van der Waals surface area (Å²) in [5, 5.41) is 4.29. The summed E-state index contributed by atoms with van der Waals surface area (Å²) >= 11 is 0. The fraction of sp³-hybridized carbons (Fsp3) is 0.240. The third kappa shape index (κ3) is 4.91. The van der Waals surface area contributed by atoms with Gasteiger partial charge < -0.3 is 19.0 Å². The van der Waals surface area contributed by atoms with E-state index in [9.17, 15) is 9.59 Å². The molecule has 1 aromatic carbocycles. The Morgan fingerprint density at radius 1 is 1.00 bits per heavy atom. The third-order valence-corrected chi connectivity index (χ3v) is 5.92. The highest BCUT2D eigenvalue weighted by Gasteiger charge is 2.23. The Morgan fingerprint density at radius 2 is 1.80 bits per heavy atom. The number of carbonyl (C=O) groups excluding carboxylic acids is 1. The molecule has 0 bridgehead atoms. The Morgan fingerprint density at radius 3 is 2.51 bits per heavy atom. The van der Waals surface area contributed by atoms with Crippen molar-refractivity contribution in [1.82, 2.24) is 24.6 Å². The molecular formula is C25H24N6O4. The van der Waals surface area contributed by atoms with Gasteiger partial charge in [0.2, 0.25) is 5.91 Å². The molecule has 10 nitrogen and oxygen atoms in total. The van der Waals surface area contributed by atoms with E-state index in [0.717, 1.165) is 22.8 Å². The maximum Gasteiger partial charge on any atom is 0.267 e. The lowest BCUT2D eigenvalue weighted by atomic mass is 10.1. The van der Waals surface area contributed by atoms with Crippen molar-refractivity contribution in [2.45, 2.75) is 6.54 Å². The number of anilines is 1. The van der Waals surface area contributed by atoms with Crippen LogP contribution in [-0.2, 0) is 11.3 Å². The molecule has 1 aliphatic rings. The van der Waals surface area contributed by atoms with Gasteiger partial charge in [0.05, 0.1) is 19.1 Å². The van der Waals surface area contributed by atoms with Crippen LogP contribution in [0.3, 0.4) is 0 Å². The average Bonchev–Trinajstić information content (AvgIpc) is 3.45. The molecule has 4 aromatic rings. The topological polar surface area (TPSA) is 107 Å². The van der Waals surface area contributed by atoms with Crippen LogP contribution in [0.4, 0.5) is 5.82 Å². The van der Waals surface area contributed by atoms with Crippen LogP contribution in [0.2, 0.25) is 0 Å². The van der Waals surface area contributed by atoms with Crippen LogP contribution < -0.4 is 15.2 Å². The van der Waals surface area contributed by atoms with Gasteiger partial charge in [-0.3, -0.25) is 9.59 Å². The van der Waals surface area contributed by atoms with Crippen LogP contribution >= 0.6 is 0 Å². The monoisotopic (exact) mass is 472 g/mol. The highest BCUT2D eigenvalue weighted by atomic mass is 16.5. The van der Waals surface area contributed by atoms with Gasteiger partial charge in [-0.05, 0) is 42.5 Å². The van der Waals surface area contributed by atoms with E-state index in [0.29, 0.717) is 37.6 Å². The predicted octanol–water partition coefficient (Wildman–Crippen LogP) is 2.32. The van der Waals surface area contributed by atoms with Crippen LogP contribution in [0.5, 0.6) is 5.75 Å². The van der Waals surface area contributed by atoms with E-state index in [1.165, 1.54) is 17.0 Å². The quantitative estimate of drug-likeness (QED) is 0.421. The first-order valence-electron chi connectivity index (χ1n) is 11.2. The minimum Gasteiger partial charge on any atom is -0.497 e. The Bertz CT molecular complexity index is 1360. The largest absolute Gasteiger partial charge is 0.497 e. The molecule has 0 radical (unpaired) electrons. The second-order valence-electron chi connectivity index (χ2n) is 8.05. The third-order valence-electron chi connectivity index (χ3n) is 5.92. The summed E-state index contributed by atoms with van der Waals surface area (Å²) in [6.07, 6.45) is 3.09. The van der Waals surface area contributed by atoms with Gasteiger partial charge in [0.25, 0.3) is 5.56 Å². The molecule has 0 aliphatic carbocycles. The van der Waals surface area contributed by atoms with E-state index in [1.807, 2.05) is 30.3 Å². The van der Waals surface area contributed by atoms with Gasteiger partial charge in [-0.2, -0.15) is 5.10 Å². The van der Waals surface area contributed by atoms with Crippen molar-refractivity contribution in [3.05, 3.63) is 77.5 Å². The van der Waals surface area contributed by atoms with Crippen molar-refractivity contribution in [3.8, 4) is 28.5 Å². The second kappa shape index (κ2) is 9.80. The summed E-state index contributed by atoms with van der Waals surface area (Å²) in [6.45, 7) is 2.17. The highest BCUT2D eigenvalue weighted by molar-refractivity contribution is 5.76. The number of methoxy groups -OCH3 is 1. The summed E-state index contributed by atoms with van der Waals surface area (Å²) in [5.74, 6) is 1.98. The molecule has 0 N–H and O–H groups in total. The van der Waals surface area contributed by atoms with Gasteiger partial charge in [-0.25, -0.2) is 14.6 Å². The van der Waals surface area contributed by atoms with Crippen LogP contribution in [0.25, 0.3) is 22.7 Å². The predicted molar refractivity (Wildman–Crippen MR) is 129 cm³/mol. The minimum atomic E-state index is -0.334. The number of rotatable bonds is 6. The van der Waals surface area contributed by atoms with Crippen LogP contribution in [0.15, 0.2) is 76.4 Å². The van der Waals surface area contributed by atoms with Gasteiger partial charge in [-0.15, -0.1) is 0 Å². The maximum atomic E-state index is 12.9. The van der Waals surface area contributed by atoms with Crippen molar-refractivity contribution >= 4 is 11.7 Å². The van der Waals surface area contributed by atoms with Gasteiger partial charge in [-0.1, -0.05) is 0 Å². The molecule has 35 heavy (non-hydrogen) atoms. The lowest BCUT2D eigenvalue weighted by Crippen LogP contribution is -2.50. The van der Waals surface area contributed by atoms with Crippen LogP contribution in [0.1, 0.15) is 0 Å². The molecule has 3 aromatic heterocycles. The van der Waals surface area contributed by atoms with E-state index in [1.54, 1.807) is 36.5 Å². The molecule has 10 heteroatoms. The van der Waals surface area contributed by atoms with Crippen molar-refractivity contribution < 1.29 is 13.9 Å². The summed E-state index contributed by atoms with van der Waals surface area (Å²) in [6, 6.07) is 16.1. The smallest absolute Gasteiger partial charge is 0.267 e. The van der Waals surface area contributed by atoms with Gasteiger partial charge >= 0.3 is 0 Å². The standard InChI is InChI=1S/C25H24N6O4/c1-34-19-6-4-18(5-7-19)21-15-23(27-17-26-21)29-10-12-30(13-11-29)25(33)16-31-24(32)9-8-20(28-31)22-3-2-14-35-22/h2-9,14-15,17H,10-13,16H2,1H3. The number of carbonyl (C=O) groups is 1. The lowest BCUT2D eigenvalue weighted by molar-refractivity contribution is -0.132.